The summed E-state index contributed by atoms with van der Waals surface area (Å²) in [5, 5.41) is 12.1. The molecule has 2 aromatic rings. The molecule has 0 saturated carbocycles. The number of rotatable bonds is 6. The second-order valence-corrected chi connectivity index (χ2v) is 7.88. The first-order valence-corrected chi connectivity index (χ1v) is 10.7. The zero-order valence-electron chi connectivity index (χ0n) is 16.4. The molecule has 4 rings (SSSR count). The Morgan fingerprint density at radius 2 is 2.00 bits per heavy atom. The number of nitrogens with zero attached hydrogens (tertiary/aromatic N) is 4. The largest absolute Gasteiger partial charge is 0.352 e. The number of halogens is 1. The molecule has 0 saturated heterocycles. The third-order valence-corrected chi connectivity index (χ3v) is 5.67. The van der Waals surface area contributed by atoms with E-state index in [1.807, 2.05) is 30.3 Å². The van der Waals surface area contributed by atoms with Crippen molar-refractivity contribution in [1.29, 1.82) is 5.26 Å². The zero-order chi connectivity index (χ0) is 21.8. The Hall–Kier alpha value is -3.51. The van der Waals surface area contributed by atoms with Gasteiger partial charge in [-0.25, -0.2) is 14.3 Å². The maximum atomic E-state index is 13.0. The lowest BCUT2D eigenvalue weighted by atomic mass is 10.1. The van der Waals surface area contributed by atoms with Gasteiger partial charge in [-0.2, -0.15) is 5.26 Å². The fourth-order valence-corrected chi connectivity index (χ4v) is 4.00. The zero-order valence-corrected chi connectivity index (χ0v) is 17.2. The lowest BCUT2D eigenvalue weighted by Crippen LogP contribution is -2.41. The van der Waals surface area contributed by atoms with Gasteiger partial charge in [0.2, 0.25) is 5.91 Å². The molecule has 7 nitrogen and oxygen atoms in total. The second kappa shape index (κ2) is 9.10. The van der Waals surface area contributed by atoms with Crippen molar-refractivity contribution in [1.82, 2.24) is 10.2 Å². The molecule has 156 valence electrons. The number of benzene rings is 2. The maximum Gasteiger partial charge on any atom is 0.259 e. The molecule has 0 radical (unpaired) electrons. The third kappa shape index (κ3) is 4.49. The summed E-state index contributed by atoms with van der Waals surface area (Å²) >= 11 is 1.18. The summed E-state index contributed by atoms with van der Waals surface area (Å²) < 4.78 is 13.0. The molecular weight excluding hydrogens is 417 g/mol. The molecule has 2 heterocycles. The highest BCUT2D eigenvalue weighted by Gasteiger charge is 2.41. The predicted octanol–water partition coefficient (Wildman–Crippen LogP) is 3.14. The third-order valence-electron chi connectivity index (χ3n) is 4.86. The summed E-state index contributed by atoms with van der Waals surface area (Å²) in [5.41, 5.74) is 2.24. The average Bonchev–Trinajstić information content (AvgIpc) is 3.12. The summed E-state index contributed by atoms with van der Waals surface area (Å²) in [6.07, 6.45) is 0.383. The molecule has 2 aliphatic rings. The number of amidine groups is 2. The van der Waals surface area contributed by atoms with Gasteiger partial charge in [0.05, 0.1) is 17.5 Å². The summed E-state index contributed by atoms with van der Waals surface area (Å²) in [7, 11) is 0. The van der Waals surface area contributed by atoms with E-state index in [1.54, 1.807) is 12.1 Å². The highest BCUT2D eigenvalue weighted by Crippen LogP contribution is 2.34. The Balaban J connectivity index is 1.43. The SMILES string of the molecule is N#CCSC1=Nc2ccccc2C2=N[C@@H](CCC(=O)NCc3ccc(F)cc3)C(=O)N12. The van der Waals surface area contributed by atoms with Crippen molar-refractivity contribution in [2.75, 3.05) is 5.75 Å². The quantitative estimate of drug-likeness (QED) is 0.754. The number of hydrogen-bond donors (Lipinski definition) is 1. The summed E-state index contributed by atoms with van der Waals surface area (Å²) in [6, 6.07) is 14.6. The van der Waals surface area contributed by atoms with Crippen LogP contribution in [0, 0.1) is 17.1 Å². The Kier molecular flexibility index (Phi) is 6.09. The van der Waals surface area contributed by atoms with Crippen molar-refractivity contribution in [3.63, 3.8) is 0 Å². The number of nitrogens with one attached hydrogen (secondary N) is 1. The number of aliphatic imine (C=N–C) groups is 2. The van der Waals surface area contributed by atoms with Crippen LogP contribution < -0.4 is 5.32 Å². The Morgan fingerprint density at radius 3 is 2.77 bits per heavy atom. The van der Waals surface area contributed by atoms with Gasteiger partial charge < -0.3 is 5.32 Å². The Bertz CT molecular complexity index is 1120. The number of carbonyl (C=O) groups is 2. The number of nitriles is 1. The van der Waals surface area contributed by atoms with E-state index in [9.17, 15) is 14.0 Å². The fraction of sp³-hybridized carbons (Fsp3) is 0.227. The average molecular weight is 435 g/mol. The van der Waals surface area contributed by atoms with Gasteiger partial charge >= 0.3 is 0 Å². The van der Waals surface area contributed by atoms with Crippen molar-refractivity contribution < 1.29 is 14.0 Å². The molecule has 0 fully saturated rings. The molecule has 0 unspecified atom stereocenters. The van der Waals surface area contributed by atoms with Crippen LogP contribution >= 0.6 is 11.8 Å². The lowest BCUT2D eigenvalue weighted by molar-refractivity contribution is -0.125. The summed E-state index contributed by atoms with van der Waals surface area (Å²) in [6.45, 7) is 0.285. The van der Waals surface area contributed by atoms with E-state index < -0.39 is 6.04 Å². The number of para-hydroxylation sites is 1. The molecular formula is C22H18FN5O2S. The molecule has 1 N–H and O–H groups in total. The summed E-state index contributed by atoms with van der Waals surface area (Å²) in [4.78, 5) is 35.8. The number of fused-ring (bicyclic) bond motifs is 3. The molecule has 0 aliphatic carbocycles. The molecule has 2 aliphatic heterocycles. The minimum Gasteiger partial charge on any atom is -0.352 e. The number of amides is 2. The van der Waals surface area contributed by atoms with Gasteiger partial charge in [0.1, 0.15) is 17.7 Å². The van der Waals surface area contributed by atoms with Crippen LogP contribution in [0.4, 0.5) is 10.1 Å². The monoisotopic (exact) mass is 435 g/mol. The molecule has 0 aromatic heterocycles. The maximum absolute atomic E-state index is 13.0. The van der Waals surface area contributed by atoms with Crippen molar-refractivity contribution >= 4 is 40.3 Å². The van der Waals surface area contributed by atoms with E-state index in [4.69, 9.17) is 5.26 Å². The highest BCUT2D eigenvalue weighted by molar-refractivity contribution is 8.14. The molecule has 2 aromatic carbocycles. The van der Waals surface area contributed by atoms with E-state index in [1.165, 1.54) is 28.8 Å². The number of carbonyl (C=O) groups excluding carboxylic acids is 2. The topological polar surface area (TPSA) is 97.9 Å². The normalized spacial score (nSPS) is 16.7. The van der Waals surface area contributed by atoms with Crippen LogP contribution in [0.5, 0.6) is 0 Å². The lowest BCUT2D eigenvalue weighted by Gasteiger charge is -2.25. The first kappa shape index (κ1) is 20.8. The molecule has 2 amide bonds. The number of hydrogen-bond acceptors (Lipinski definition) is 6. The molecule has 0 bridgehead atoms. The van der Waals surface area contributed by atoms with Gasteiger partial charge in [-0.15, -0.1) is 0 Å². The van der Waals surface area contributed by atoms with Crippen LogP contribution in [-0.2, 0) is 16.1 Å². The predicted molar refractivity (Wildman–Crippen MR) is 116 cm³/mol. The van der Waals surface area contributed by atoms with Crippen molar-refractivity contribution in [3.8, 4) is 6.07 Å². The van der Waals surface area contributed by atoms with Gasteiger partial charge in [-0.05, 0) is 36.2 Å². The van der Waals surface area contributed by atoms with Gasteiger partial charge in [0.15, 0.2) is 5.17 Å². The van der Waals surface area contributed by atoms with Crippen molar-refractivity contribution in [2.45, 2.75) is 25.4 Å². The first-order chi connectivity index (χ1) is 15.1. The van der Waals surface area contributed by atoms with Crippen molar-refractivity contribution in [2.24, 2.45) is 9.98 Å². The second-order valence-electron chi connectivity index (χ2n) is 6.94. The Labute approximate surface area is 182 Å². The van der Waals surface area contributed by atoms with Crippen LogP contribution in [0.2, 0.25) is 0 Å². The Morgan fingerprint density at radius 1 is 1.23 bits per heavy atom. The molecule has 1 atom stereocenters. The van der Waals surface area contributed by atoms with Crippen LogP contribution in [0.15, 0.2) is 58.5 Å². The van der Waals surface area contributed by atoms with E-state index in [0.717, 1.165) is 11.1 Å². The van der Waals surface area contributed by atoms with Crippen LogP contribution in [-0.4, -0.2) is 39.5 Å². The smallest absolute Gasteiger partial charge is 0.259 e. The van der Waals surface area contributed by atoms with Gasteiger partial charge in [-0.3, -0.25) is 14.6 Å². The van der Waals surface area contributed by atoms with E-state index in [0.29, 0.717) is 16.7 Å². The minimum absolute atomic E-state index is 0.127. The fourth-order valence-electron chi connectivity index (χ4n) is 3.34. The van der Waals surface area contributed by atoms with Gasteiger partial charge in [0, 0.05) is 18.5 Å². The molecule has 9 heteroatoms. The number of thioether (sulfide) groups is 1. The van der Waals surface area contributed by atoms with Gasteiger partial charge in [-0.1, -0.05) is 36.0 Å². The van der Waals surface area contributed by atoms with E-state index in [2.05, 4.69) is 15.3 Å². The van der Waals surface area contributed by atoms with Crippen LogP contribution in [0.3, 0.4) is 0 Å². The molecule has 31 heavy (non-hydrogen) atoms. The van der Waals surface area contributed by atoms with Gasteiger partial charge in [0.25, 0.3) is 5.91 Å². The van der Waals surface area contributed by atoms with Crippen LogP contribution in [0.1, 0.15) is 24.0 Å². The summed E-state index contributed by atoms with van der Waals surface area (Å²) in [5.74, 6) is -0.125. The highest BCUT2D eigenvalue weighted by atomic mass is 32.2. The van der Waals surface area contributed by atoms with Crippen molar-refractivity contribution in [3.05, 3.63) is 65.5 Å². The van der Waals surface area contributed by atoms with E-state index >= 15 is 0 Å². The molecule has 0 spiro atoms. The standard InChI is InChI=1S/C22H18FN5O2S/c23-15-7-5-14(6-8-15)13-25-19(29)10-9-18-21(30)28-20(26-18)16-3-1-2-4-17(16)27-22(28)31-12-11-24/h1-8,18H,9-10,12-13H2,(H,25,29)/t18-/m0/s1. The van der Waals surface area contributed by atoms with Crippen LogP contribution in [0.25, 0.3) is 0 Å². The van der Waals surface area contributed by atoms with E-state index in [-0.39, 0.29) is 42.8 Å². The first-order valence-electron chi connectivity index (χ1n) is 9.67. The minimum atomic E-state index is -0.689.